The molecule has 0 aromatic carbocycles. The highest BCUT2D eigenvalue weighted by atomic mass is 16.5. The average Bonchev–Trinajstić information content (AvgIpc) is 1.67. The molecule has 6 atom stereocenters. The van der Waals surface area contributed by atoms with Crippen molar-refractivity contribution in [3.05, 3.63) is 0 Å². The van der Waals surface area contributed by atoms with Crippen LogP contribution in [0.2, 0.25) is 0 Å². The van der Waals surface area contributed by atoms with Crippen molar-refractivity contribution >= 4 is 71.3 Å². The zero-order valence-electron chi connectivity index (χ0n) is 71.6. The maximum absolute atomic E-state index is 11.8. The van der Waals surface area contributed by atoms with Crippen LogP contribution in [-0.2, 0) is 95.4 Å². The van der Waals surface area contributed by atoms with E-state index in [2.05, 4.69) is 41.9 Å². The minimum Gasteiger partial charge on any atom is -0.469 e. The summed E-state index contributed by atoms with van der Waals surface area (Å²) in [5.41, 5.74) is -2.43. The number of likely N-dealkylation sites (tertiary alicyclic amines) is 6. The third kappa shape index (κ3) is 41.0. The molecular formula is C83H148N6O26. The molecule has 6 rings (SSSR count). The third-order valence-electron chi connectivity index (χ3n) is 21.7. The molecule has 32 nitrogen and oxygen atoms in total. The van der Waals surface area contributed by atoms with Gasteiger partial charge in [0.15, 0.2) is 0 Å². The Labute approximate surface area is 684 Å². The Balaban J connectivity index is 0.000000692. The van der Waals surface area contributed by atoms with Gasteiger partial charge < -0.3 is 97.9 Å². The number of aliphatic hydroxyl groups is 6. The fourth-order valence-electron chi connectivity index (χ4n) is 14.3. The van der Waals surface area contributed by atoms with Gasteiger partial charge in [0.05, 0.1) is 143 Å². The molecule has 6 aliphatic rings. The zero-order chi connectivity index (χ0) is 86.2. The first kappa shape index (κ1) is 106. The van der Waals surface area contributed by atoms with Crippen LogP contribution in [0.15, 0.2) is 0 Å². The number of hydrogen-bond donors (Lipinski definition) is 6. The summed E-state index contributed by atoms with van der Waals surface area (Å²) in [4.78, 5) is 148. The largest absolute Gasteiger partial charge is 0.469 e. The molecule has 6 saturated heterocycles. The summed E-state index contributed by atoms with van der Waals surface area (Å²) in [6.07, 6.45) is 32.5. The lowest BCUT2D eigenvalue weighted by Crippen LogP contribution is -2.58. The molecule has 0 radical (unpaired) electrons. The topological polar surface area (TPSA) is 420 Å². The molecule has 6 unspecified atom stereocenters. The minimum absolute atomic E-state index is 0.00770. The van der Waals surface area contributed by atoms with Crippen LogP contribution in [0.25, 0.3) is 0 Å². The lowest BCUT2D eigenvalue weighted by atomic mass is 10.0. The summed E-state index contributed by atoms with van der Waals surface area (Å²) in [5, 5.41) is 54.5. The normalized spacial score (nSPS) is 19.3. The van der Waals surface area contributed by atoms with Crippen molar-refractivity contribution in [2.75, 3.05) is 174 Å². The van der Waals surface area contributed by atoms with Crippen molar-refractivity contribution in [1.82, 2.24) is 29.4 Å². The Morgan fingerprint density at radius 1 is 0.330 bits per heavy atom. The first-order chi connectivity index (χ1) is 55.1. The van der Waals surface area contributed by atoms with Crippen LogP contribution >= 0.6 is 0 Å². The number of unbranched alkanes of at least 4 members (excludes halogenated alkanes) is 20. The number of carbonyl (C=O) groups is 12. The fourth-order valence-corrected chi connectivity index (χ4v) is 14.3. The van der Waals surface area contributed by atoms with Gasteiger partial charge in [0, 0.05) is 111 Å². The first-order valence-corrected chi connectivity index (χ1v) is 42.1. The van der Waals surface area contributed by atoms with Crippen molar-refractivity contribution < 1.29 is 126 Å². The summed E-state index contributed by atoms with van der Waals surface area (Å²) in [5.74, 6) is -3.80. The molecule has 32 heteroatoms. The lowest BCUT2D eigenvalue weighted by Gasteiger charge is -2.37. The molecule has 6 N–H and O–H groups in total. The van der Waals surface area contributed by atoms with Crippen molar-refractivity contribution in [2.45, 2.75) is 245 Å². The van der Waals surface area contributed by atoms with E-state index in [9.17, 15) is 83.1 Å². The number of carbonyl (C=O) groups excluding carboxylic acids is 12. The number of aliphatic hydroxyl groups excluding tert-OH is 6. The van der Waals surface area contributed by atoms with Gasteiger partial charge in [0.2, 0.25) is 35.4 Å². The van der Waals surface area contributed by atoms with E-state index in [-0.39, 0.29) is 129 Å². The molecule has 0 bridgehead atoms. The van der Waals surface area contributed by atoms with Crippen molar-refractivity contribution in [3.8, 4) is 0 Å². The monoisotopic (exact) mass is 1650 g/mol. The quantitative estimate of drug-likeness (QED) is 0.0232. The summed E-state index contributed by atoms with van der Waals surface area (Å²) in [6.45, 7) is 15.2. The number of rotatable bonds is 50. The van der Waals surface area contributed by atoms with Gasteiger partial charge in [0.1, 0.15) is 5.54 Å². The van der Waals surface area contributed by atoms with Gasteiger partial charge in [-0.05, 0) is 38.5 Å². The molecule has 0 spiro atoms. The van der Waals surface area contributed by atoms with E-state index >= 15 is 0 Å². The van der Waals surface area contributed by atoms with Crippen LogP contribution in [0.5, 0.6) is 0 Å². The van der Waals surface area contributed by atoms with Crippen LogP contribution in [0.1, 0.15) is 234 Å². The van der Waals surface area contributed by atoms with E-state index in [0.717, 1.165) is 56.1 Å². The van der Waals surface area contributed by atoms with Gasteiger partial charge in [-0.3, -0.25) is 57.5 Å². The molecule has 6 fully saturated rings. The Morgan fingerprint density at radius 2 is 0.583 bits per heavy atom. The highest BCUT2D eigenvalue weighted by Crippen LogP contribution is 2.30. The van der Waals surface area contributed by atoms with Crippen LogP contribution < -0.4 is 0 Å². The van der Waals surface area contributed by atoms with Crippen LogP contribution in [0.4, 0.5) is 0 Å². The van der Waals surface area contributed by atoms with E-state index in [1.165, 1.54) is 182 Å². The second kappa shape index (κ2) is 62.5. The number of ether oxygens (including phenoxy) is 8. The minimum atomic E-state index is -1.42. The maximum atomic E-state index is 11.8. The summed E-state index contributed by atoms with van der Waals surface area (Å²) >= 11 is 0. The molecule has 0 saturated carbocycles. The van der Waals surface area contributed by atoms with Crippen LogP contribution in [0.3, 0.4) is 0 Å². The second-order valence-corrected chi connectivity index (χ2v) is 31.3. The highest BCUT2D eigenvalue weighted by Gasteiger charge is 2.47. The number of nitrogens with zero attached hydrogens (tertiary/aromatic N) is 6. The fraction of sp³-hybridized carbons (Fsp3) is 0.855. The molecule has 0 aromatic rings. The van der Waals surface area contributed by atoms with Gasteiger partial charge in [-0.15, -0.1) is 0 Å². The van der Waals surface area contributed by atoms with Gasteiger partial charge in [-0.25, -0.2) is 0 Å². The molecule has 0 aliphatic carbocycles. The molecule has 0 aromatic heterocycles. The zero-order valence-corrected chi connectivity index (χ0v) is 71.6. The molecule has 6 aliphatic heterocycles. The van der Waals surface area contributed by atoms with Crippen LogP contribution in [0, 0.1) is 41.4 Å². The molecule has 6 amide bonds. The maximum Gasteiger partial charge on any atom is 0.310 e. The van der Waals surface area contributed by atoms with Gasteiger partial charge in [-0.1, -0.05) is 163 Å². The Bertz CT molecular complexity index is 2780. The number of esters is 6. The van der Waals surface area contributed by atoms with Crippen molar-refractivity contribution in [3.63, 3.8) is 0 Å². The summed E-state index contributed by atoms with van der Waals surface area (Å²) in [7, 11) is 7.99. The average molecular weight is 1650 g/mol. The number of methoxy groups -OCH3 is 6. The van der Waals surface area contributed by atoms with Gasteiger partial charge in [0.25, 0.3) is 0 Å². The van der Waals surface area contributed by atoms with E-state index in [1.54, 1.807) is 11.8 Å². The number of amides is 6. The Morgan fingerprint density at radius 3 is 0.861 bits per heavy atom. The summed E-state index contributed by atoms with van der Waals surface area (Å²) < 4.78 is 38.3. The third-order valence-corrected chi connectivity index (χ3v) is 21.7. The molecule has 666 valence electrons. The molecule has 115 heavy (non-hydrogen) atoms. The number of hydrogen-bond acceptors (Lipinski definition) is 26. The van der Waals surface area contributed by atoms with Crippen LogP contribution in [-0.4, -0.2) is 317 Å². The van der Waals surface area contributed by atoms with E-state index in [1.807, 2.05) is 14.7 Å². The molecule has 6 heterocycles. The Hall–Kier alpha value is -6.68. The van der Waals surface area contributed by atoms with Gasteiger partial charge >= 0.3 is 35.8 Å². The predicted molar refractivity (Wildman–Crippen MR) is 427 cm³/mol. The second-order valence-electron chi connectivity index (χ2n) is 31.3. The molecular weight excluding hydrogens is 1500 g/mol. The van der Waals surface area contributed by atoms with E-state index in [4.69, 9.17) is 28.8 Å². The smallest absolute Gasteiger partial charge is 0.310 e. The SMILES string of the molecule is CCCCCCCCCCCCN1CC(C(=O)OC)CC1=O.CCCCCCCCCCCN1CC(C(=O)OC)CC1=O.COC(=O)C1CC(=O)N(C(C)(CO)CO)C1.COC(=O)C1CC(=O)N(C(CO)(CO)CO)C1.COC(=O)C1CC(=O)N(CCCCCCC(C)C)C1.COC(=O)C1CC(=O)N(CCCOCCOCCO)C1. The van der Waals surface area contributed by atoms with Crippen molar-refractivity contribution in [1.29, 1.82) is 0 Å². The predicted octanol–water partition coefficient (Wildman–Crippen LogP) is 5.98. The van der Waals surface area contributed by atoms with E-state index < -0.39 is 60.6 Å². The Kier molecular flexibility index (Phi) is 57.8. The highest BCUT2D eigenvalue weighted by molar-refractivity contribution is 5.90. The van der Waals surface area contributed by atoms with Crippen molar-refractivity contribution in [2.24, 2.45) is 41.4 Å². The standard InChI is InChI=1S/C18H33NO3.C17H31NO3.C15H27NO3.C13H23NO6.C10H17NO6.C10H17NO5/c1-3-4-5-6-7-8-9-10-11-12-13-19-15-16(14-17(19)20)18(21)22-2;1-3-4-5-6-7-8-9-10-11-12-18-14-15(13-16(18)19)17(20)21-2;1-12(2)8-6-4-5-7-9-16-11-13(10-14(16)17)15(18)19-3;1-18-13(17)11-9-12(16)14(10-11)3-2-5-19-7-8-20-6-4-15;1-17-9(16)7-2-8(15)11(3-7)10(4-12,5-13)6-14;1-10(5-12,6-13)11-4-7(3-8(11)14)9(15)16-2/h16H,3-15H2,1-2H3;15H,3-14H2,1-2H3;12-13H,4-11H2,1-3H3;11,15H,2-10H2,1H3;7,12-14H,2-6H2,1H3;7,12-13H,3-6H2,1-2H3. The first-order valence-electron chi connectivity index (χ1n) is 42.1. The van der Waals surface area contributed by atoms with E-state index in [0.29, 0.717) is 78.4 Å². The van der Waals surface area contributed by atoms with Gasteiger partial charge in [-0.2, -0.15) is 0 Å². The summed E-state index contributed by atoms with van der Waals surface area (Å²) in [6, 6.07) is 0. The lowest BCUT2D eigenvalue weighted by molar-refractivity contribution is -0.146.